The first-order valence-electron chi connectivity index (χ1n) is 8.38. The summed E-state index contributed by atoms with van der Waals surface area (Å²) in [4.78, 5) is 14.0. The van der Waals surface area contributed by atoms with E-state index in [0.29, 0.717) is 35.5 Å². The summed E-state index contributed by atoms with van der Waals surface area (Å²) in [5.74, 6) is 0.653. The molecule has 8 heteroatoms. The Balaban J connectivity index is 1.66. The summed E-state index contributed by atoms with van der Waals surface area (Å²) in [7, 11) is -2.00. The fourth-order valence-corrected chi connectivity index (χ4v) is 4.22. The minimum atomic E-state index is -3.56. The van der Waals surface area contributed by atoms with Crippen LogP contribution in [0.2, 0.25) is 0 Å². The van der Waals surface area contributed by atoms with Crippen LogP contribution in [0.4, 0.5) is 5.69 Å². The van der Waals surface area contributed by atoms with Gasteiger partial charge in [0.25, 0.3) is 5.91 Å². The Labute approximate surface area is 152 Å². The van der Waals surface area contributed by atoms with E-state index in [4.69, 9.17) is 4.74 Å². The number of fused-ring (bicyclic) bond motifs is 1. The molecule has 0 unspecified atom stereocenters. The Hall–Kier alpha value is -2.58. The summed E-state index contributed by atoms with van der Waals surface area (Å²) in [6, 6.07) is 12.2. The fraction of sp³-hybridized carbons (Fsp3) is 0.278. The highest BCUT2D eigenvalue weighted by Crippen LogP contribution is 2.39. The number of sulfonamides is 1. The van der Waals surface area contributed by atoms with Gasteiger partial charge in [-0.2, -0.15) is 4.72 Å². The van der Waals surface area contributed by atoms with Crippen molar-refractivity contribution < 1.29 is 17.9 Å². The van der Waals surface area contributed by atoms with Crippen molar-refractivity contribution in [2.24, 2.45) is 0 Å². The molecule has 1 heterocycles. The smallest absolute Gasteiger partial charge is 0.251 e. The fourth-order valence-electron chi connectivity index (χ4n) is 3.02. The van der Waals surface area contributed by atoms with Gasteiger partial charge in [0, 0.05) is 24.7 Å². The largest absolute Gasteiger partial charge is 0.457 e. The van der Waals surface area contributed by atoms with Crippen molar-refractivity contribution >= 4 is 21.6 Å². The highest BCUT2D eigenvalue weighted by molar-refractivity contribution is 7.89. The van der Waals surface area contributed by atoms with Crippen LogP contribution >= 0.6 is 0 Å². The molecule has 0 radical (unpaired) electrons. The van der Waals surface area contributed by atoms with E-state index < -0.39 is 10.0 Å². The summed E-state index contributed by atoms with van der Waals surface area (Å²) in [6.07, 6.45) is 2.15. The van der Waals surface area contributed by atoms with Crippen molar-refractivity contribution in [3.8, 4) is 11.5 Å². The zero-order valence-corrected chi connectivity index (χ0v) is 15.0. The minimum Gasteiger partial charge on any atom is -0.457 e. The number of carbonyl (C=O) groups excluding carboxylic acids is 1. The van der Waals surface area contributed by atoms with Crippen LogP contribution in [-0.4, -0.2) is 34.1 Å². The number of carbonyl (C=O) groups is 1. The van der Waals surface area contributed by atoms with Crippen LogP contribution in [0.15, 0.2) is 47.4 Å². The predicted molar refractivity (Wildman–Crippen MR) is 97.0 cm³/mol. The molecule has 1 fully saturated rings. The molecule has 0 aromatic heterocycles. The maximum Gasteiger partial charge on any atom is 0.251 e. The van der Waals surface area contributed by atoms with E-state index in [1.54, 1.807) is 43.4 Å². The van der Waals surface area contributed by atoms with Crippen LogP contribution in [0.3, 0.4) is 0 Å². The number of amides is 1. The van der Waals surface area contributed by atoms with Crippen LogP contribution in [-0.2, 0) is 10.0 Å². The molecular formula is C18H19N3O4S. The van der Waals surface area contributed by atoms with Crippen LogP contribution in [0.5, 0.6) is 11.5 Å². The number of anilines is 1. The van der Waals surface area contributed by atoms with Crippen molar-refractivity contribution in [1.82, 2.24) is 10.0 Å². The number of hydrogen-bond donors (Lipinski definition) is 2. The number of nitrogens with one attached hydrogen (secondary N) is 2. The van der Waals surface area contributed by atoms with Gasteiger partial charge in [0.2, 0.25) is 10.0 Å². The molecule has 4 rings (SSSR count). The average molecular weight is 373 g/mol. The highest BCUT2D eigenvalue weighted by atomic mass is 32.2. The zero-order chi connectivity index (χ0) is 18.3. The normalized spacial score (nSPS) is 18.1. The maximum atomic E-state index is 12.4. The Morgan fingerprint density at radius 2 is 1.96 bits per heavy atom. The first-order chi connectivity index (χ1) is 12.5. The van der Waals surface area contributed by atoms with Gasteiger partial charge in [-0.25, -0.2) is 8.42 Å². The average Bonchev–Trinajstić information content (AvgIpc) is 3.47. The second-order valence-electron chi connectivity index (χ2n) is 6.35. The van der Waals surface area contributed by atoms with Gasteiger partial charge in [-0.1, -0.05) is 6.07 Å². The minimum absolute atomic E-state index is 0.215. The molecule has 0 atom stereocenters. The molecule has 1 aliphatic heterocycles. The van der Waals surface area contributed by atoms with E-state index in [9.17, 15) is 13.2 Å². The Morgan fingerprint density at radius 3 is 2.69 bits per heavy atom. The third-order valence-corrected chi connectivity index (χ3v) is 5.92. The molecule has 2 N–H and O–H groups in total. The Kier molecular flexibility index (Phi) is 4.08. The number of ether oxygens (including phenoxy) is 1. The number of hydrogen-bond acceptors (Lipinski definition) is 5. The number of benzene rings is 2. The zero-order valence-electron chi connectivity index (χ0n) is 14.2. The molecule has 0 bridgehead atoms. The predicted octanol–water partition coefficient (Wildman–Crippen LogP) is 2.06. The van der Waals surface area contributed by atoms with Gasteiger partial charge >= 0.3 is 0 Å². The number of nitrogens with zero attached hydrogens (tertiary/aromatic N) is 1. The van der Waals surface area contributed by atoms with Crippen LogP contribution < -0.4 is 19.7 Å². The molecule has 2 aromatic rings. The van der Waals surface area contributed by atoms with Gasteiger partial charge in [0.05, 0.1) is 12.4 Å². The number of rotatable bonds is 4. The first-order valence-corrected chi connectivity index (χ1v) is 9.86. The van der Waals surface area contributed by atoms with Crippen molar-refractivity contribution in [2.45, 2.75) is 23.8 Å². The topological polar surface area (TPSA) is 87.7 Å². The lowest BCUT2D eigenvalue weighted by Gasteiger charge is -2.31. The van der Waals surface area contributed by atoms with Gasteiger partial charge < -0.3 is 15.0 Å². The van der Waals surface area contributed by atoms with Crippen molar-refractivity contribution in [2.75, 3.05) is 18.6 Å². The van der Waals surface area contributed by atoms with Crippen molar-refractivity contribution in [1.29, 1.82) is 0 Å². The van der Waals surface area contributed by atoms with Gasteiger partial charge in [-0.15, -0.1) is 0 Å². The van der Waals surface area contributed by atoms with Gasteiger partial charge in [-0.05, 0) is 43.2 Å². The van der Waals surface area contributed by atoms with Gasteiger partial charge in [0.15, 0.2) is 0 Å². The first kappa shape index (κ1) is 16.9. The lowest BCUT2D eigenvalue weighted by molar-refractivity contribution is 0.0963. The summed E-state index contributed by atoms with van der Waals surface area (Å²) in [5, 5.41) is 2.56. The Morgan fingerprint density at radius 1 is 1.19 bits per heavy atom. The van der Waals surface area contributed by atoms with E-state index in [2.05, 4.69) is 14.9 Å². The SMILES string of the molecule is CNC(=O)c1cccc(Oc2ccc3c(c2)S(=O)(=O)NCN3C2CC2)c1. The molecular weight excluding hydrogens is 354 g/mol. The van der Waals surface area contributed by atoms with Crippen molar-refractivity contribution in [3.05, 3.63) is 48.0 Å². The third-order valence-electron chi connectivity index (χ3n) is 4.50. The van der Waals surface area contributed by atoms with Gasteiger partial charge in [-0.3, -0.25) is 4.79 Å². The standard InChI is InChI=1S/C18H19N3O4S/c1-19-18(22)12-3-2-4-14(9-12)25-15-7-8-16-17(10-15)26(23,24)20-11-21(16)13-5-6-13/h2-4,7-10,13,20H,5-6,11H2,1H3,(H,19,22). The molecule has 0 saturated heterocycles. The molecule has 1 amide bonds. The summed E-state index contributed by atoms with van der Waals surface area (Å²) in [5.41, 5.74) is 1.18. The third kappa shape index (κ3) is 3.13. The molecule has 2 aliphatic rings. The van der Waals surface area contributed by atoms with Crippen LogP contribution in [0, 0.1) is 0 Å². The molecule has 1 saturated carbocycles. The summed E-state index contributed by atoms with van der Waals surface area (Å²) >= 11 is 0. The van der Waals surface area contributed by atoms with Gasteiger partial charge in [0.1, 0.15) is 16.4 Å². The molecule has 2 aromatic carbocycles. The van der Waals surface area contributed by atoms with E-state index in [0.717, 1.165) is 12.8 Å². The monoisotopic (exact) mass is 373 g/mol. The highest BCUT2D eigenvalue weighted by Gasteiger charge is 2.36. The lowest BCUT2D eigenvalue weighted by atomic mass is 10.2. The second kappa shape index (κ2) is 6.30. The van der Waals surface area contributed by atoms with E-state index in [1.807, 2.05) is 0 Å². The molecule has 26 heavy (non-hydrogen) atoms. The summed E-state index contributed by atoms with van der Waals surface area (Å²) < 4.78 is 33.2. The molecule has 1 aliphatic carbocycles. The second-order valence-corrected chi connectivity index (χ2v) is 8.08. The maximum absolute atomic E-state index is 12.4. The Bertz CT molecular complexity index is 970. The lowest BCUT2D eigenvalue weighted by Crippen LogP contribution is -2.44. The van der Waals surface area contributed by atoms with Crippen LogP contribution in [0.25, 0.3) is 0 Å². The molecule has 0 spiro atoms. The van der Waals surface area contributed by atoms with Crippen molar-refractivity contribution in [3.63, 3.8) is 0 Å². The van der Waals surface area contributed by atoms with E-state index >= 15 is 0 Å². The van der Waals surface area contributed by atoms with E-state index in [1.165, 1.54) is 6.07 Å². The summed E-state index contributed by atoms with van der Waals surface area (Å²) in [6.45, 7) is 0.300. The molecule has 136 valence electrons. The quantitative estimate of drug-likeness (QED) is 0.857. The van der Waals surface area contributed by atoms with Crippen LogP contribution in [0.1, 0.15) is 23.2 Å². The molecule has 7 nitrogen and oxygen atoms in total. The van der Waals surface area contributed by atoms with E-state index in [-0.39, 0.29) is 10.8 Å².